The molecule has 1 atom stereocenters. The van der Waals surface area contributed by atoms with Crippen LogP contribution in [0.25, 0.3) is 28.5 Å². The standard InChI is InChI=1S/C20H21N7O5S/c1-4-32-15-7-5-6-13(25-15)18-26-17-19(24-12(10-22-17)11-23-33(28)29)27(18)16-14(30-2)8-9-21-20(16)31-3/h5-10,23H,4,11H2,1-3H3,(H,28,29). The van der Waals surface area contributed by atoms with Gasteiger partial charge >= 0.3 is 0 Å². The summed E-state index contributed by atoms with van der Waals surface area (Å²) in [4.78, 5) is 22.5. The fraction of sp³-hybridized carbons (Fsp3) is 0.250. The zero-order valence-electron chi connectivity index (χ0n) is 18.1. The molecule has 4 aromatic heterocycles. The quantitative estimate of drug-likeness (QED) is 0.347. The van der Waals surface area contributed by atoms with Crippen LogP contribution in [-0.2, 0) is 17.8 Å². The van der Waals surface area contributed by atoms with Gasteiger partial charge in [-0.15, -0.1) is 0 Å². The summed E-state index contributed by atoms with van der Waals surface area (Å²) in [5.41, 5.74) is 2.07. The number of aromatic nitrogens is 6. The maximum atomic E-state index is 11.0. The van der Waals surface area contributed by atoms with Crippen LogP contribution in [0.2, 0.25) is 0 Å². The molecular weight excluding hydrogens is 450 g/mol. The third-order valence-corrected chi connectivity index (χ3v) is 4.92. The van der Waals surface area contributed by atoms with E-state index in [-0.39, 0.29) is 12.4 Å². The zero-order chi connectivity index (χ0) is 23.4. The van der Waals surface area contributed by atoms with Gasteiger partial charge in [-0.25, -0.2) is 33.9 Å². The normalized spacial score (nSPS) is 12.0. The lowest BCUT2D eigenvalue weighted by atomic mass is 10.3. The van der Waals surface area contributed by atoms with Gasteiger partial charge in [0, 0.05) is 18.3 Å². The van der Waals surface area contributed by atoms with Crippen molar-refractivity contribution >= 4 is 22.6 Å². The van der Waals surface area contributed by atoms with Crippen molar-refractivity contribution in [3.05, 3.63) is 42.4 Å². The molecule has 4 heterocycles. The van der Waals surface area contributed by atoms with Crippen molar-refractivity contribution < 1.29 is 23.0 Å². The van der Waals surface area contributed by atoms with Crippen LogP contribution in [0, 0.1) is 0 Å². The molecular formula is C20H21N7O5S. The number of pyridine rings is 2. The number of hydrogen-bond donors (Lipinski definition) is 2. The van der Waals surface area contributed by atoms with Gasteiger partial charge in [0.25, 0.3) is 0 Å². The Morgan fingerprint density at radius 2 is 1.97 bits per heavy atom. The van der Waals surface area contributed by atoms with E-state index >= 15 is 0 Å². The van der Waals surface area contributed by atoms with E-state index in [1.54, 1.807) is 29.0 Å². The molecule has 1 unspecified atom stereocenters. The highest BCUT2D eigenvalue weighted by Gasteiger charge is 2.24. The first-order valence-electron chi connectivity index (χ1n) is 9.82. The van der Waals surface area contributed by atoms with Gasteiger partial charge in [-0.3, -0.25) is 9.12 Å². The summed E-state index contributed by atoms with van der Waals surface area (Å²) in [5.74, 6) is 1.59. The molecule has 0 saturated heterocycles. The van der Waals surface area contributed by atoms with Crippen molar-refractivity contribution in [3.63, 3.8) is 0 Å². The van der Waals surface area contributed by atoms with Gasteiger partial charge in [-0.2, -0.15) is 0 Å². The van der Waals surface area contributed by atoms with Crippen LogP contribution in [0.5, 0.6) is 17.5 Å². The molecule has 4 aromatic rings. The Morgan fingerprint density at radius 1 is 1.12 bits per heavy atom. The Hall–Kier alpha value is -3.68. The molecule has 0 aliphatic heterocycles. The first-order valence-corrected chi connectivity index (χ1v) is 10.9. The summed E-state index contributed by atoms with van der Waals surface area (Å²) in [6.07, 6.45) is 3.04. The molecule has 0 bridgehead atoms. The van der Waals surface area contributed by atoms with Crippen molar-refractivity contribution in [2.75, 3.05) is 20.8 Å². The number of methoxy groups -OCH3 is 2. The SMILES string of the molecule is CCOc1cccc(-c2nc3ncc(CNS(=O)O)nc3n2-c2c(OC)ccnc2OC)n1. The highest BCUT2D eigenvalue weighted by Crippen LogP contribution is 2.36. The predicted octanol–water partition coefficient (Wildman–Crippen LogP) is 1.91. The molecule has 13 heteroatoms. The summed E-state index contributed by atoms with van der Waals surface area (Å²) in [5, 5.41) is 0. The van der Waals surface area contributed by atoms with Gasteiger partial charge < -0.3 is 14.2 Å². The molecule has 0 fully saturated rings. The summed E-state index contributed by atoms with van der Waals surface area (Å²) in [6, 6.07) is 7.03. The number of fused-ring (bicyclic) bond motifs is 1. The topological polar surface area (TPSA) is 146 Å². The van der Waals surface area contributed by atoms with Crippen LogP contribution in [0.15, 0.2) is 36.7 Å². The number of rotatable bonds is 9. The molecule has 4 rings (SSSR count). The van der Waals surface area contributed by atoms with Crippen LogP contribution in [0.3, 0.4) is 0 Å². The Morgan fingerprint density at radius 3 is 2.70 bits per heavy atom. The van der Waals surface area contributed by atoms with E-state index in [4.69, 9.17) is 18.8 Å². The summed E-state index contributed by atoms with van der Waals surface area (Å²) >= 11 is -2.19. The lowest BCUT2D eigenvalue weighted by Crippen LogP contribution is -2.16. The molecule has 2 N–H and O–H groups in total. The summed E-state index contributed by atoms with van der Waals surface area (Å²) in [7, 11) is 3.03. The minimum absolute atomic E-state index is 0.0198. The lowest BCUT2D eigenvalue weighted by molar-refractivity contribution is 0.327. The number of ether oxygens (including phenoxy) is 3. The Bertz CT molecular complexity index is 1290. The number of nitrogens with zero attached hydrogens (tertiary/aromatic N) is 6. The molecule has 0 aliphatic carbocycles. The Balaban J connectivity index is 2.01. The minimum Gasteiger partial charge on any atom is -0.494 e. The minimum atomic E-state index is -2.19. The maximum absolute atomic E-state index is 11.0. The third-order valence-electron chi connectivity index (χ3n) is 4.53. The van der Waals surface area contributed by atoms with Gasteiger partial charge in [-0.1, -0.05) is 6.07 Å². The van der Waals surface area contributed by atoms with Gasteiger partial charge in [-0.05, 0) is 13.0 Å². The van der Waals surface area contributed by atoms with E-state index < -0.39 is 11.3 Å². The second-order valence-electron chi connectivity index (χ2n) is 6.51. The number of nitrogens with one attached hydrogen (secondary N) is 1. The summed E-state index contributed by atoms with van der Waals surface area (Å²) in [6.45, 7) is 2.35. The number of imidazole rings is 1. The fourth-order valence-corrected chi connectivity index (χ4v) is 3.47. The number of hydrogen-bond acceptors (Lipinski definition) is 9. The highest BCUT2D eigenvalue weighted by atomic mass is 32.2. The van der Waals surface area contributed by atoms with Gasteiger partial charge in [0.1, 0.15) is 11.4 Å². The third kappa shape index (κ3) is 4.60. The van der Waals surface area contributed by atoms with Crippen molar-refractivity contribution in [3.8, 4) is 34.7 Å². The van der Waals surface area contributed by atoms with Crippen LogP contribution < -0.4 is 18.9 Å². The average molecular weight is 471 g/mol. The van der Waals surface area contributed by atoms with Crippen molar-refractivity contribution in [1.82, 2.24) is 34.2 Å². The molecule has 33 heavy (non-hydrogen) atoms. The maximum Gasteiger partial charge on any atom is 0.242 e. The first-order chi connectivity index (χ1) is 16.0. The van der Waals surface area contributed by atoms with Crippen LogP contribution >= 0.6 is 0 Å². The van der Waals surface area contributed by atoms with Crippen molar-refractivity contribution in [1.29, 1.82) is 0 Å². The Labute approximate surface area is 191 Å². The van der Waals surface area contributed by atoms with Crippen molar-refractivity contribution in [2.24, 2.45) is 0 Å². The molecule has 0 radical (unpaired) electrons. The van der Waals surface area contributed by atoms with E-state index in [2.05, 4.69) is 29.6 Å². The van der Waals surface area contributed by atoms with E-state index in [0.717, 1.165) is 0 Å². The monoisotopic (exact) mass is 471 g/mol. The largest absolute Gasteiger partial charge is 0.494 e. The van der Waals surface area contributed by atoms with Gasteiger partial charge in [0.05, 0.1) is 39.3 Å². The van der Waals surface area contributed by atoms with Crippen molar-refractivity contribution in [2.45, 2.75) is 13.5 Å². The molecule has 0 aliphatic rings. The molecule has 12 nitrogen and oxygen atoms in total. The van der Waals surface area contributed by atoms with Crippen LogP contribution in [0.1, 0.15) is 12.6 Å². The first kappa shape index (κ1) is 22.5. The predicted molar refractivity (Wildman–Crippen MR) is 120 cm³/mol. The molecule has 0 aromatic carbocycles. The lowest BCUT2D eigenvalue weighted by Gasteiger charge is -2.15. The van der Waals surface area contributed by atoms with Gasteiger partial charge in [0.15, 0.2) is 22.8 Å². The second kappa shape index (κ2) is 9.85. The van der Waals surface area contributed by atoms with Gasteiger partial charge in [0.2, 0.25) is 23.0 Å². The molecule has 172 valence electrons. The van der Waals surface area contributed by atoms with Crippen LogP contribution in [-0.4, -0.2) is 59.1 Å². The fourth-order valence-electron chi connectivity index (χ4n) is 3.20. The Kier molecular flexibility index (Phi) is 6.72. The highest BCUT2D eigenvalue weighted by molar-refractivity contribution is 7.77. The van der Waals surface area contributed by atoms with Crippen LogP contribution in [0.4, 0.5) is 0 Å². The molecule has 0 spiro atoms. The van der Waals surface area contributed by atoms with E-state index in [1.807, 2.05) is 13.0 Å². The summed E-state index contributed by atoms with van der Waals surface area (Å²) < 4.78 is 40.8. The molecule has 0 saturated carbocycles. The second-order valence-corrected chi connectivity index (χ2v) is 7.30. The average Bonchev–Trinajstić information content (AvgIpc) is 3.21. The smallest absolute Gasteiger partial charge is 0.242 e. The molecule has 0 amide bonds. The van der Waals surface area contributed by atoms with E-state index in [1.165, 1.54) is 20.4 Å². The zero-order valence-corrected chi connectivity index (χ0v) is 18.9. The van der Waals surface area contributed by atoms with E-state index in [0.29, 0.717) is 52.4 Å². The van der Waals surface area contributed by atoms with E-state index in [9.17, 15) is 4.21 Å².